The van der Waals surface area contributed by atoms with Crippen LogP contribution in [-0.4, -0.2) is 36.8 Å². The number of rotatable bonds is 6. The third-order valence-electron chi connectivity index (χ3n) is 3.09. The molecule has 1 saturated heterocycles. The first kappa shape index (κ1) is 15.2. The van der Waals surface area contributed by atoms with E-state index in [-0.39, 0.29) is 30.8 Å². The Morgan fingerprint density at radius 1 is 1.43 bits per heavy atom. The van der Waals surface area contributed by atoms with Gasteiger partial charge < -0.3 is 14.2 Å². The molecule has 114 valence electrons. The lowest BCUT2D eigenvalue weighted by Crippen LogP contribution is -2.27. The van der Waals surface area contributed by atoms with Crippen LogP contribution in [0.1, 0.15) is 19.3 Å². The Bertz CT molecular complexity index is 498. The predicted molar refractivity (Wildman–Crippen MR) is 73.1 cm³/mol. The third kappa shape index (κ3) is 5.03. The SMILES string of the molecule is O=C(COc1cccc([N+](=O)[O-])c1)OCC1CCCCO1. The van der Waals surface area contributed by atoms with Crippen molar-refractivity contribution < 1.29 is 23.9 Å². The second-order valence-electron chi connectivity index (χ2n) is 4.71. The highest BCUT2D eigenvalue weighted by molar-refractivity contribution is 5.71. The van der Waals surface area contributed by atoms with Gasteiger partial charge in [-0.15, -0.1) is 0 Å². The van der Waals surface area contributed by atoms with Crippen molar-refractivity contribution in [3.8, 4) is 5.75 Å². The van der Waals surface area contributed by atoms with Crippen molar-refractivity contribution in [3.05, 3.63) is 34.4 Å². The molecule has 1 heterocycles. The molecular weight excluding hydrogens is 278 g/mol. The molecule has 1 aromatic carbocycles. The van der Waals surface area contributed by atoms with E-state index < -0.39 is 10.9 Å². The Hall–Kier alpha value is -2.15. The van der Waals surface area contributed by atoms with Gasteiger partial charge in [0.2, 0.25) is 0 Å². The number of nitrogens with zero attached hydrogens (tertiary/aromatic N) is 1. The van der Waals surface area contributed by atoms with E-state index in [1.165, 1.54) is 18.2 Å². The van der Waals surface area contributed by atoms with Crippen molar-refractivity contribution in [2.24, 2.45) is 0 Å². The van der Waals surface area contributed by atoms with Gasteiger partial charge in [-0.05, 0) is 25.3 Å². The molecule has 1 aromatic rings. The molecule has 1 atom stereocenters. The molecule has 21 heavy (non-hydrogen) atoms. The van der Waals surface area contributed by atoms with Crippen molar-refractivity contribution in [2.75, 3.05) is 19.8 Å². The maximum absolute atomic E-state index is 11.5. The van der Waals surface area contributed by atoms with E-state index in [0.29, 0.717) is 6.61 Å². The number of ether oxygens (including phenoxy) is 3. The summed E-state index contributed by atoms with van der Waals surface area (Å²) in [6.07, 6.45) is 2.96. The molecule has 0 aromatic heterocycles. The number of carbonyl (C=O) groups excluding carboxylic acids is 1. The van der Waals surface area contributed by atoms with Gasteiger partial charge in [0.25, 0.3) is 5.69 Å². The van der Waals surface area contributed by atoms with Crippen LogP contribution in [-0.2, 0) is 14.3 Å². The topological polar surface area (TPSA) is 87.9 Å². The normalized spacial score (nSPS) is 18.0. The van der Waals surface area contributed by atoms with Gasteiger partial charge in [-0.3, -0.25) is 10.1 Å². The summed E-state index contributed by atoms with van der Waals surface area (Å²) in [5, 5.41) is 10.6. The first-order valence-electron chi connectivity index (χ1n) is 6.79. The standard InChI is InChI=1S/C14H17NO6/c16-14(21-9-13-5-1-2-7-19-13)10-20-12-6-3-4-11(8-12)15(17)18/h3-4,6,8,13H,1-2,5,7,9-10H2. The third-order valence-corrected chi connectivity index (χ3v) is 3.09. The van der Waals surface area contributed by atoms with Crippen LogP contribution in [0.4, 0.5) is 5.69 Å². The van der Waals surface area contributed by atoms with Gasteiger partial charge in [0.15, 0.2) is 6.61 Å². The zero-order valence-electron chi connectivity index (χ0n) is 11.5. The van der Waals surface area contributed by atoms with E-state index in [2.05, 4.69) is 0 Å². The molecule has 1 fully saturated rings. The smallest absolute Gasteiger partial charge is 0.344 e. The summed E-state index contributed by atoms with van der Waals surface area (Å²) in [7, 11) is 0. The number of nitro benzene ring substituents is 1. The fourth-order valence-electron chi connectivity index (χ4n) is 2.00. The Kier molecular flexibility index (Phi) is 5.51. The van der Waals surface area contributed by atoms with Crippen molar-refractivity contribution in [1.82, 2.24) is 0 Å². The van der Waals surface area contributed by atoms with Crippen molar-refractivity contribution in [3.63, 3.8) is 0 Å². The molecule has 0 radical (unpaired) electrons. The molecule has 0 saturated carbocycles. The molecule has 0 N–H and O–H groups in total. The molecule has 0 amide bonds. The van der Waals surface area contributed by atoms with E-state index in [1.807, 2.05) is 0 Å². The lowest BCUT2D eigenvalue weighted by molar-refractivity contribution is -0.384. The number of esters is 1. The van der Waals surface area contributed by atoms with Crippen molar-refractivity contribution >= 4 is 11.7 Å². The molecule has 0 aliphatic carbocycles. The lowest BCUT2D eigenvalue weighted by Gasteiger charge is -2.22. The fraction of sp³-hybridized carbons (Fsp3) is 0.500. The van der Waals surface area contributed by atoms with E-state index in [9.17, 15) is 14.9 Å². The van der Waals surface area contributed by atoms with E-state index in [4.69, 9.17) is 14.2 Å². The summed E-state index contributed by atoms with van der Waals surface area (Å²) in [4.78, 5) is 21.6. The number of nitro groups is 1. The zero-order valence-corrected chi connectivity index (χ0v) is 11.5. The van der Waals surface area contributed by atoms with Crippen LogP contribution in [0, 0.1) is 10.1 Å². The maximum Gasteiger partial charge on any atom is 0.344 e. The second kappa shape index (κ2) is 7.58. The lowest BCUT2D eigenvalue weighted by atomic mass is 10.1. The number of benzene rings is 1. The summed E-state index contributed by atoms with van der Waals surface area (Å²) >= 11 is 0. The van der Waals surface area contributed by atoms with Gasteiger partial charge >= 0.3 is 5.97 Å². The summed E-state index contributed by atoms with van der Waals surface area (Å²) in [5.41, 5.74) is -0.0866. The summed E-state index contributed by atoms with van der Waals surface area (Å²) in [6, 6.07) is 5.66. The van der Waals surface area contributed by atoms with Crippen molar-refractivity contribution in [1.29, 1.82) is 0 Å². The predicted octanol–water partition coefficient (Wildman–Crippen LogP) is 2.09. The van der Waals surface area contributed by atoms with Crippen molar-refractivity contribution in [2.45, 2.75) is 25.4 Å². The minimum atomic E-state index is -0.522. The molecular formula is C14H17NO6. The average molecular weight is 295 g/mol. The zero-order chi connectivity index (χ0) is 15.1. The molecule has 0 spiro atoms. The number of hydrogen-bond acceptors (Lipinski definition) is 6. The summed E-state index contributed by atoms with van der Waals surface area (Å²) in [6.45, 7) is 0.636. The van der Waals surface area contributed by atoms with Gasteiger partial charge in [-0.1, -0.05) is 6.07 Å². The van der Waals surface area contributed by atoms with E-state index in [0.717, 1.165) is 19.3 Å². The van der Waals surface area contributed by atoms with Gasteiger partial charge in [0.05, 0.1) is 17.1 Å². The summed E-state index contributed by atoms with van der Waals surface area (Å²) in [5.74, 6) is -0.259. The molecule has 7 heteroatoms. The Morgan fingerprint density at radius 2 is 2.29 bits per heavy atom. The minimum absolute atomic E-state index is 0.0412. The van der Waals surface area contributed by atoms with Gasteiger partial charge in [0, 0.05) is 12.7 Å². The first-order valence-corrected chi connectivity index (χ1v) is 6.79. The number of hydrogen-bond donors (Lipinski definition) is 0. The monoisotopic (exact) mass is 295 g/mol. The van der Waals surface area contributed by atoms with Crippen LogP contribution >= 0.6 is 0 Å². The van der Waals surface area contributed by atoms with Gasteiger partial charge in [0.1, 0.15) is 12.4 Å². The van der Waals surface area contributed by atoms with Crippen LogP contribution in [0.15, 0.2) is 24.3 Å². The van der Waals surface area contributed by atoms with Gasteiger partial charge in [-0.2, -0.15) is 0 Å². The van der Waals surface area contributed by atoms with Gasteiger partial charge in [-0.25, -0.2) is 4.79 Å². The molecule has 1 unspecified atom stereocenters. The van der Waals surface area contributed by atoms with Crippen LogP contribution < -0.4 is 4.74 Å². The average Bonchev–Trinajstić information content (AvgIpc) is 2.52. The highest BCUT2D eigenvalue weighted by Crippen LogP contribution is 2.19. The number of non-ortho nitro benzene ring substituents is 1. The maximum atomic E-state index is 11.5. The molecule has 1 aliphatic heterocycles. The van der Waals surface area contributed by atoms with E-state index in [1.54, 1.807) is 6.07 Å². The molecule has 1 aliphatic rings. The van der Waals surface area contributed by atoms with Crippen LogP contribution in [0.5, 0.6) is 5.75 Å². The Balaban J connectivity index is 1.73. The molecule has 7 nitrogen and oxygen atoms in total. The Morgan fingerprint density at radius 3 is 3.00 bits per heavy atom. The largest absolute Gasteiger partial charge is 0.482 e. The highest BCUT2D eigenvalue weighted by Gasteiger charge is 2.16. The first-order chi connectivity index (χ1) is 10.1. The van der Waals surface area contributed by atoms with Crippen LogP contribution in [0.25, 0.3) is 0 Å². The number of carbonyl (C=O) groups is 1. The Labute approximate surface area is 122 Å². The molecule has 0 bridgehead atoms. The van der Waals surface area contributed by atoms with Crippen LogP contribution in [0.3, 0.4) is 0 Å². The summed E-state index contributed by atoms with van der Waals surface area (Å²) < 4.78 is 15.7. The second-order valence-corrected chi connectivity index (χ2v) is 4.71. The quantitative estimate of drug-likeness (QED) is 0.453. The fourth-order valence-corrected chi connectivity index (χ4v) is 2.00. The van der Waals surface area contributed by atoms with Crippen LogP contribution in [0.2, 0.25) is 0 Å². The van der Waals surface area contributed by atoms with E-state index >= 15 is 0 Å². The minimum Gasteiger partial charge on any atom is -0.482 e. The highest BCUT2D eigenvalue weighted by atomic mass is 16.6. The molecule has 2 rings (SSSR count).